The summed E-state index contributed by atoms with van der Waals surface area (Å²) >= 11 is 0. The number of hydrogen-bond acceptors (Lipinski definition) is 3. The number of alkyl halides is 1. The minimum Gasteiger partial charge on any atom is -0.492 e. The highest BCUT2D eigenvalue weighted by molar-refractivity contribution is 5.77. The lowest BCUT2D eigenvalue weighted by Gasteiger charge is -2.23. The predicted molar refractivity (Wildman–Crippen MR) is 87.6 cm³/mol. The van der Waals surface area contributed by atoms with Crippen molar-refractivity contribution in [2.75, 3.05) is 26.4 Å². The van der Waals surface area contributed by atoms with E-state index in [0.717, 1.165) is 28.9 Å². The zero-order valence-corrected chi connectivity index (χ0v) is 13.7. The van der Waals surface area contributed by atoms with Crippen molar-refractivity contribution in [3.05, 3.63) is 36.2 Å². The number of aryl methyl sites for hydroxylation is 1. The second kappa shape index (κ2) is 5.61. The van der Waals surface area contributed by atoms with Crippen LogP contribution in [-0.2, 0) is 17.3 Å². The SMILES string of the molecule is Cn1cc(-c2ccc3c(c2)C2(CCN(C(=O)CCF)C2)CO3)cn1. The van der Waals surface area contributed by atoms with Gasteiger partial charge in [-0.15, -0.1) is 0 Å². The summed E-state index contributed by atoms with van der Waals surface area (Å²) in [5.74, 6) is 0.786. The van der Waals surface area contributed by atoms with Crippen LogP contribution in [0.1, 0.15) is 18.4 Å². The van der Waals surface area contributed by atoms with E-state index >= 15 is 0 Å². The summed E-state index contributed by atoms with van der Waals surface area (Å²) in [6, 6.07) is 6.19. The fourth-order valence-corrected chi connectivity index (χ4v) is 3.78. The maximum absolute atomic E-state index is 12.5. The van der Waals surface area contributed by atoms with Crippen LogP contribution in [0, 0.1) is 0 Å². The zero-order valence-electron chi connectivity index (χ0n) is 13.7. The molecule has 0 radical (unpaired) electrons. The molecule has 1 amide bonds. The summed E-state index contributed by atoms with van der Waals surface area (Å²) in [4.78, 5) is 13.8. The molecule has 1 unspecified atom stereocenters. The first-order valence-corrected chi connectivity index (χ1v) is 8.21. The van der Waals surface area contributed by atoms with Crippen LogP contribution in [-0.4, -0.2) is 47.0 Å². The predicted octanol–water partition coefficient (Wildman–Crippen LogP) is 2.31. The van der Waals surface area contributed by atoms with E-state index in [2.05, 4.69) is 11.2 Å². The molecule has 1 saturated heterocycles. The highest BCUT2D eigenvalue weighted by Crippen LogP contribution is 2.46. The van der Waals surface area contributed by atoms with Crippen LogP contribution in [0.25, 0.3) is 11.1 Å². The van der Waals surface area contributed by atoms with Crippen LogP contribution >= 0.6 is 0 Å². The molecule has 3 heterocycles. The van der Waals surface area contributed by atoms with Crippen LogP contribution in [0.2, 0.25) is 0 Å². The van der Waals surface area contributed by atoms with Gasteiger partial charge in [0.05, 0.1) is 31.3 Å². The number of likely N-dealkylation sites (tertiary alicyclic amines) is 1. The molecule has 0 bridgehead atoms. The van der Waals surface area contributed by atoms with Crippen LogP contribution < -0.4 is 4.74 Å². The van der Waals surface area contributed by atoms with Crippen molar-refractivity contribution in [3.63, 3.8) is 0 Å². The van der Waals surface area contributed by atoms with Crippen LogP contribution in [0.3, 0.4) is 0 Å². The molecule has 0 saturated carbocycles. The average molecular weight is 329 g/mol. The summed E-state index contributed by atoms with van der Waals surface area (Å²) in [5.41, 5.74) is 3.14. The summed E-state index contributed by atoms with van der Waals surface area (Å²) in [6.07, 6.45) is 4.65. The van der Waals surface area contributed by atoms with Gasteiger partial charge in [-0.2, -0.15) is 5.10 Å². The van der Waals surface area contributed by atoms with Gasteiger partial charge in [0.15, 0.2) is 0 Å². The maximum atomic E-state index is 12.5. The number of carbonyl (C=O) groups excluding carboxylic acids is 1. The Hall–Kier alpha value is -2.37. The molecule has 0 aliphatic carbocycles. The molecule has 126 valence electrons. The van der Waals surface area contributed by atoms with Gasteiger partial charge in [0.25, 0.3) is 0 Å². The number of fused-ring (bicyclic) bond motifs is 2. The molecule has 24 heavy (non-hydrogen) atoms. The van der Waals surface area contributed by atoms with Crippen molar-refractivity contribution in [3.8, 4) is 16.9 Å². The Morgan fingerprint density at radius 1 is 1.42 bits per heavy atom. The molecule has 4 rings (SSSR count). The summed E-state index contributed by atoms with van der Waals surface area (Å²) < 4.78 is 20.1. The monoisotopic (exact) mass is 329 g/mol. The number of benzene rings is 1. The third kappa shape index (κ3) is 2.37. The van der Waals surface area contributed by atoms with E-state index in [1.54, 1.807) is 9.58 Å². The summed E-state index contributed by atoms with van der Waals surface area (Å²) in [6.45, 7) is 1.26. The Labute approximate surface area is 140 Å². The van der Waals surface area contributed by atoms with Crippen molar-refractivity contribution < 1.29 is 13.9 Å². The zero-order chi connectivity index (χ0) is 16.7. The Kier molecular flexibility index (Phi) is 3.55. The van der Waals surface area contributed by atoms with Gasteiger partial charge in [-0.25, -0.2) is 0 Å². The minimum atomic E-state index is -0.597. The van der Waals surface area contributed by atoms with Gasteiger partial charge in [0.2, 0.25) is 5.91 Å². The number of nitrogens with zero attached hydrogens (tertiary/aromatic N) is 3. The number of carbonyl (C=O) groups is 1. The molecular formula is C18H20FN3O2. The topological polar surface area (TPSA) is 47.4 Å². The molecule has 2 aromatic rings. The molecule has 1 spiro atoms. The average Bonchev–Trinajstić information content (AvgIpc) is 3.28. The molecule has 1 fully saturated rings. The fourth-order valence-electron chi connectivity index (χ4n) is 3.78. The Morgan fingerprint density at radius 2 is 2.29 bits per heavy atom. The summed E-state index contributed by atoms with van der Waals surface area (Å²) in [5, 5.41) is 4.23. The number of aromatic nitrogens is 2. The van der Waals surface area contributed by atoms with Gasteiger partial charge < -0.3 is 9.64 Å². The number of rotatable bonds is 3. The molecule has 6 heteroatoms. The molecule has 5 nitrogen and oxygen atoms in total. The highest BCUT2D eigenvalue weighted by atomic mass is 19.1. The third-order valence-corrected chi connectivity index (χ3v) is 5.11. The first-order chi connectivity index (χ1) is 11.6. The Morgan fingerprint density at radius 3 is 3.04 bits per heavy atom. The number of ether oxygens (including phenoxy) is 1. The maximum Gasteiger partial charge on any atom is 0.225 e. The lowest BCUT2D eigenvalue weighted by molar-refractivity contribution is -0.130. The number of hydrogen-bond donors (Lipinski definition) is 0. The van der Waals surface area contributed by atoms with E-state index in [9.17, 15) is 9.18 Å². The van der Waals surface area contributed by atoms with Gasteiger partial charge in [-0.1, -0.05) is 6.07 Å². The first kappa shape index (κ1) is 15.2. The first-order valence-electron chi connectivity index (χ1n) is 8.21. The Bertz CT molecular complexity index is 788. The van der Waals surface area contributed by atoms with E-state index in [0.29, 0.717) is 19.7 Å². The van der Waals surface area contributed by atoms with Gasteiger partial charge in [0.1, 0.15) is 5.75 Å². The van der Waals surface area contributed by atoms with Crippen molar-refractivity contribution in [1.29, 1.82) is 0 Å². The molecule has 2 aliphatic rings. The molecule has 1 aromatic carbocycles. The molecule has 2 aliphatic heterocycles. The van der Waals surface area contributed by atoms with Gasteiger partial charge >= 0.3 is 0 Å². The summed E-state index contributed by atoms with van der Waals surface area (Å²) in [7, 11) is 1.90. The van der Waals surface area contributed by atoms with Gasteiger partial charge in [-0.05, 0) is 24.1 Å². The van der Waals surface area contributed by atoms with Crippen molar-refractivity contribution in [1.82, 2.24) is 14.7 Å². The fraction of sp³-hybridized carbons (Fsp3) is 0.444. The minimum absolute atomic E-state index is 0.0283. The van der Waals surface area contributed by atoms with Crippen LogP contribution in [0.15, 0.2) is 30.6 Å². The van der Waals surface area contributed by atoms with Crippen LogP contribution in [0.4, 0.5) is 4.39 Å². The van der Waals surface area contributed by atoms with E-state index in [4.69, 9.17) is 4.74 Å². The largest absolute Gasteiger partial charge is 0.492 e. The second-order valence-corrected chi connectivity index (χ2v) is 6.69. The highest BCUT2D eigenvalue weighted by Gasteiger charge is 2.47. The van der Waals surface area contributed by atoms with Crippen molar-refractivity contribution in [2.45, 2.75) is 18.3 Å². The van der Waals surface area contributed by atoms with E-state index in [1.807, 2.05) is 31.6 Å². The van der Waals surface area contributed by atoms with Crippen molar-refractivity contribution >= 4 is 5.91 Å². The van der Waals surface area contributed by atoms with Gasteiger partial charge in [-0.3, -0.25) is 13.9 Å². The Balaban J connectivity index is 1.65. The molecular weight excluding hydrogens is 309 g/mol. The molecule has 0 N–H and O–H groups in total. The molecule has 1 aromatic heterocycles. The number of halogens is 1. The third-order valence-electron chi connectivity index (χ3n) is 5.11. The van der Waals surface area contributed by atoms with E-state index < -0.39 is 6.67 Å². The number of amides is 1. The quantitative estimate of drug-likeness (QED) is 0.868. The van der Waals surface area contributed by atoms with E-state index in [1.165, 1.54) is 0 Å². The van der Waals surface area contributed by atoms with Crippen LogP contribution in [0.5, 0.6) is 5.75 Å². The lowest BCUT2D eigenvalue weighted by atomic mass is 9.81. The normalized spacial score (nSPS) is 22.0. The van der Waals surface area contributed by atoms with E-state index in [-0.39, 0.29) is 17.7 Å². The smallest absolute Gasteiger partial charge is 0.225 e. The van der Waals surface area contributed by atoms with Gasteiger partial charge in [0, 0.05) is 37.5 Å². The lowest BCUT2D eigenvalue weighted by Crippen LogP contribution is -2.35. The second-order valence-electron chi connectivity index (χ2n) is 6.69. The standard InChI is InChI=1S/C18H20FN3O2/c1-21-10-14(9-20-21)13-2-3-16-15(8-13)18(12-24-16)5-7-22(11-18)17(23)4-6-19/h2-3,8-10H,4-7,11-12H2,1H3. The van der Waals surface area contributed by atoms with Crippen molar-refractivity contribution in [2.24, 2.45) is 7.05 Å². The molecule has 1 atom stereocenters.